The van der Waals surface area contributed by atoms with E-state index in [0.717, 1.165) is 16.7 Å². The molecule has 8 nitrogen and oxygen atoms in total. The van der Waals surface area contributed by atoms with Crippen LogP contribution in [0.1, 0.15) is 16.7 Å². The number of benzene rings is 3. The van der Waals surface area contributed by atoms with E-state index < -0.39 is 5.91 Å². The minimum atomic E-state index is -0.424. The van der Waals surface area contributed by atoms with Gasteiger partial charge in [0.2, 0.25) is 0 Å². The van der Waals surface area contributed by atoms with Crippen LogP contribution in [0.5, 0.6) is 23.0 Å². The van der Waals surface area contributed by atoms with Gasteiger partial charge in [-0.05, 0) is 53.7 Å². The fourth-order valence-corrected chi connectivity index (χ4v) is 4.84. The number of carbonyl (C=O) groups excluding carboxylic acids is 2. The van der Waals surface area contributed by atoms with Crippen LogP contribution in [-0.2, 0) is 11.4 Å². The number of nitrogens with zero attached hydrogens (tertiary/aromatic N) is 2. The molecule has 1 saturated heterocycles. The Bertz CT molecular complexity index is 1440. The second-order valence-corrected chi connectivity index (χ2v) is 9.32. The quantitative estimate of drug-likeness (QED) is 0.287. The van der Waals surface area contributed by atoms with Gasteiger partial charge in [0.05, 0.1) is 42.3 Å². The molecule has 0 aliphatic carbocycles. The molecule has 10 heteroatoms. The summed E-state index contributed by atoms with van der Waals surface area (Å²) in [4.78, 5) is 26.8. The van der Waals surface area contributed by atoms with E-state index in [9.17, 15) is 14.9 Å². The molecule has 0 unspecified atom stereocenters. The number of imide groups is 1. The Morgan fingerprint density at radius 2 is 1.68 bits per heavy atom. The third-order valence-corrected chi connectivity index (χ3v) is 6.76. The van der Waals surface area contributed by atoms with Crippen molar-refractivity contribution >= 4 is 40.6 Å². The van der Waals surface area contributed by atoms with Gasteiger partial charge in [-0.15, -0.1) is 0 Å². The summed E-state index contributed by atoms with van der Waals surface area (Å²) < 4.78 is 22.3. The predicted molar refractivity (Wildman–Crippen MR) is 145 cm³/mol. The summed E-state index contributed by atoms with van der Waals surface area (Å²) in [5.74, 6) is 1.32. The zero-order chi connectivity index (χ0) is 27.1. The van der Waals surface area contributed by atoms with Gasteiger partial charge in [-0.1, -0.05) is 41.9 Å². The standard InChI is InChI=1S/C28H23ClN2O6S/c1-34-22-9-5-6-10-23(22)36-12-11-31-27(32)25(38-28(31)33)15-18-13-21(29)26(24(14-18)35-2)37-17-20-8-4-3-7-19(20)16-30/h3-10,13-15H,11-12,17H2,1-2H3/b25-15-. The maximum absolute atomic E-state index is 12.9. The molecule has 2 amide bonds. The van der Waals surface area contributed by atoms with Crippen molar-refractivity contribution < 1.29 is 28.5 Å². The van der Waals surface area contributed by atoms with Gasteiger partial charge in [0.15, 0.2) is 23.0 Å². The van der Waals surface area contributed by atoms with Crippen LogP contribution in [0.4, 0.5) is 4.79 Å². The Kier molecular flexibility index (Phi) is 8.79. The van der Waals surface area contributed by atoms with Gasteiger partial charge in [0, 0.05) is 5.56 Å². The van der Waals surface area contributed by atoms with Crippen molar-refractivity contribution in [2.45, 2.75) is 6.61 Å². The molecule has 0 atom stereocenters. The lowest BCUT2D eigenvalue weighted by Gasteiger charge is -2.15. The molecule has 0 aromatic heterocycles. The highest BCUT2D eigenvalue weighted by Crippen LogP contribution is 2.39. The first kappa shape index (κ1) is 26.9. The molecule has 3 aromatic carbocycles. The Labute approximate surface area is 229 Å². The highest BCUT2D eigenvalue weighted by atomic mass is 35.5. The first-order valence-electron chi connectivity index (χ1n) is 11.4. The molecular weight excluding hydrogens is 528 g/mol. The van der Waals surface area contributed by atoms with Gasteiger partial charge in [0.25, 0.3) is 11.1 Å². The summed E-state index contributed by atoms with van der Waals surface area (Å²) in [7, 11) is 3.01. The lowest BCUT2D eigenvalue weighted by molar-refractivity contribution is -0.123. The van der Waals surface area contributed by atoms with Crippen molar-refractivity contribution in [3.8, 4) is 29.1 Å². The first-order valence-corrected chi connectivity index (χ1v) is 12.6. The highest BCUT2D eigenvalue weighted by Gasteiger charge is 2.35. The number of ether oxygens (including phenoxy) is 4. The third kappa shape index (κ3) is 6.05. The largest absolute Gasteiger partial charge is 0.493 e. The summed E-state index contributed by atoms with van der Waals surface area (Å²) in [6, 6.07) is 19.7. The van der Waals surface area contributed by atoms with Crippen molar-refractivity contribution in [1.82, 2.24) is 4.90 Å². The third-order valence-electron chi connectivity index (χ3n) is 5.57. The molecule has 3 aromatic rings. The van der Waals surface area contributed by atoms with E-state index in [1.54, 1.807) is 48.5 Å². The van der Waals surface area contributed by atoms with Crippen LogP contribution >= 0.6 is 23.4 Å². The van der Waals surface area contributed by atoms with E-state index in [2.05, 4.69) is 6.07 Å². The zero-order valence-electron chi connectivity index (χ0n) is 20.6. The van der Waals surface area contributed by atoms with Crippen LogP contribution in [0.25, 0.3) is 6.08 Å². The van der Waals surface area contributed by atoms with Crippen molar-refractivity contribution in [3.05, 3.63) is 87.3 Å². The van der Waals surface area contributed by atoms with Crippen LogP contribution in [0.3, 0.4) is 0 Å². The fraction of sp³-hybridized carbons (Fsp3) is 0.179. The van der Waals surface area contributed by atoms with E-state index in [0.29, 0.717) is 39.7 Å². The molecule has 0 spiro atoms. The van der Waals surface area contributed by atoms with Crippen molar-refractivity contribution in [2.24, 2.45) is 0 Å². The molecule has 1 aliphatic heterocycles. The number of nitriles is 1. The van der Waals surface area contributed by atoms with Gasteiger partial charge in [0.1, 0.15) is 13.2 Å². The van der Waals surface area contributed by atoms with Gasteiger partial charge in [-0.2, -0.15) is 5.26 Å². The number of methoxy groups -OCH3 is 2. The number of halogens is 1. The second-order valence-electron chi connectivity index (χ2n) is 7.92. The molecule has 1 heterocycles. The minimum Gasteiger partial charge on any atom is -0.493 e. The Morgan fingerprint density at radius 3 is 2.42 bits per heavy atom. The summed E-state index contributed by atoms with van der Waals surface area (Å²) in [5.41, 5.74) is 1.77. The summed E-state index contributed by atoms with van der Waals surface area (Å²) in [6.45, 7) is 0.322. The average molecular weight is 551 g/mol. The molecule has 38 heavy (non-hydrogen) atoms. The molecule has 0 bridgehead atoms. The monoisotopic (exact) mass is 550 g/mol. The van der Waals surface area contributed by atoms with Crippen LogP contribution in [0, 0.1) is 11.3 Å². The molecule has 1 aliphatic rings. The topological polar surface area (TPSA) is 98.1 Å². The molecule has 0 N–H and O–H groups in total. The Morgan fingerprint density at radius 1 is 0.974 bits per heavy atom. The van der Waals surface area contributed by atoms with E-state index in [1.807, 2.05) is 18.2 Å². The maximum atomic E-state index is 12.9. The summed E-state index contributed by atoms with van der Waals surface area (Å²) in [5, 5.41) is 9.16. The molecule has 1 fully saturated rings. The first-order chi connectivity index (χ1) is 18.4. The molecule has 0 saturated carbocycles. The van der Waals surface area contributed by atoms with Crippen molar-refractivity contribution in [1.29, 1.82) is 5.26 Å². The number of carbonyl (C=O) groups is 2. The van der Waals surface area contributed by atoms with Gasteiger partial charge < -0.3 is 18.9 Å². The van der Waals surface area contributed by atoms with E-state index in [1.165, 1.54) is 14.2 Å². The van der Waals surface area contributed by atoms with Crippen LogP contribution in [0.2, 0.25) is 5.02 Å². The number of amides is 2. The van der Waals surface area contributed by atoms with E-state index >= 15 is 0 Å². The lowest BCUT2D eigenvalue weighted by Crippen LogP contribution is -2.32. The van der Waals surface area contributed by atoms with Crippen LogP contribution in [-0.4, -0.2) is 43.4 Å². The predicted octanol–water partition coefficient (Wildman–Crippen LogP) is 5.92. The minimum absolute atomic E-state index is 0.0844. The summed E-state index contributed by atoms with van der Waals surface area (Å²) >= 11 is 7.33. The second kappa shape index (κ2) is 12.4. The molecule has 0 radical (unpaired) electrons. The number of para-hydroxylation sites is 2. The van der Waals surface area contributed by atoms with E-state index in [-0.39, 0.29) is 34.9 Å². The number of hydrogen-bond donors (Lipinski definition) is 0. The van der Waals surface area contributed by atoms with Gasteiger partial charge in [-0.25, -0.2) is 0 Å². The molecular formula is C28H23ClN2O6S. The van der Waals surface area contributed by atoms with Crippen molar-refractivity contribution in [3.63, 3.8) is 0 Å². The SMILES string of the molecule is COc1ccccc1OCCN1C(=O)S/C(=C\c2cc(Cl)c(OCc3ccccc3C#N)c(OC)c2)C1=O. The number of hydrogen-bond acceptors (Lipinski definition) is 8. The van der Waals surface area contributed by atoms with Crippen LogP contribution in [0.15, 0.2) is 65.6 Å². The number of rotatable bonds is 10. The Hall–Kier alpha value is -4.13. The average Bonchev–Trinajstić information content (AvgIpc) is 3.19. The Balaban J connectivity index is 1.45. The lowest BCUT2D eigenvalue weighted by atomic mass is 10.1. The van der Waals surface area contributed by atoms with E-state index in [4.69, 9.17) is 30.5 Å². The van der Waals surface area contributed by atoms with Crippen LogP contribution < -0.4 is 18.9 Å². The normalized spacial score (nSPS) is 13.9. The zero-order valence-corrected chi connectivity index (χ0v) is 22.2. The summed E-state index contributed by atoms with van der Waals surface area (Å²) in [6.07, 6.45) is 1.58. The number of thioether (sulfide) groups is 1. The highest BCUT2D eigenvalue weighted by molar-refractivity contribution is 8.18. The molecule has 4 rings (SSSR count). The fourth-order valence-electron chi connectivity index (χ4n) is 3.70. The molecule has 194 valence electrons. The maximum Gasteiger partial charge on any atom is 0.293 e. The van der Waals surface area contributed by atoms with Gasteiger partial charge >= 0.3 is 0 Å². The smallest absolute Gasteiger partial charge is 0.293 e. The van der Waals surface area contributed by atoms with Crippen molar-refractivity contribution in [2.75, 3.05) is 27.4 Å². The van der Waals surface area contributed by atoms with Gasteiger partial charge in [-0.3, -0.25) is 14.5 Å².